The Morgan fingerprint density at radius 1 is 1.50 bits per heavy atom. The molecule has 1 aliphatic heterocycles. The summed E-state index contributed by atoms with van der Waals surface area (Å²) in [5.74, 6) is 0.105. The SMILES string of the molecule is CC(=O)c1ccc2c(c1)CCCN2C/C(Cl)=C/Cl. The maximum Gasteiger partial charge on any atom is 0.159 e. The second-order valence-corrected chi connectivity index (χ2v) is 5.18. The van der Waals surface area contributed by atoms with Gasteiger partial charge in [0.25, 0.3) is 0 Å². The molecular weight excluding hydrogens is 269 g/mol. The van der Waals surface area contributed by atoms with Gasteiger partial charge in [-0.2, -0.15) is 0 Å². The van der Waals surface area contributed by atoms with E-state index in [9.17, 15) is 4.79 Å². The molecule has 1 aliphatic rings. The highest BCUT2D eigenvalue weighted by molar-refractivity contribution is 6.36. The van der Waals surface area contributed by atoms with Crippen molar-refractivity contribution < 1.29 is 4.79 Å². The molecule has 1 aromatic rings. The first-order chi connectivity index (χ1) is 8.61. The molecule has 0 unspecified atom stereocenters. The summed E-state index contributed by atoms with van der Waals surface area (Å²) in [6.45, 7) is 3.18. The molecule has 0 atom stereocenters. The molecule has 1 heterocycles. The minimum absolute atomic E-state index is 0.105. The molecule has 96 valence electrons. The van der Waals surface area contributed by atoms with E-state index in [1.807, 2.05) is 18.2 Å². The van der Waals surface area contributed by atoms with Gasteiger partial charge in [0.05, 0.1) is 6.54 Å². The highest BCUT2D eigenvalue weighted by Crippen LogP contribution is 2.29. The Labute approximate surface area is 117 Å². The number of carbonyl (C=O) groups excluding carboxylic acids is 1. The van der Waals surface area contributed by atoms with Gasteiger partial charge in [0.1, 0.15) is 0 Å². The van der Waals surface area contributed by atoms with Crippen molar-refractivity contribution in [2.75, 3.05) is 18.0 Å². The molecule has 0 radical (unpaired) electrons. The van der Waals surface area contributed by atoms with E-state index in [0.29, 0.717) is 11.6 Å². The number of nitrogens with zero attached hydrogens (tertiary/aromatic N) is 1. The van der Waals surface area contributed by atoms with Gasteiger partial charge < -0.3 is 4.90 Å². The van der Waals surface area contributed by atoms with Crippen LogP contribution in [0.25, 0.3) is 0 Å². The number of halogens is 2. The molecule has 0 fully saturated rings. The maximum atomic E-state index is 11.4. The predicted octanol–water partition coefficient (Wildman–Crippen LogP) is 3.96. The summed E-state index contributed by atoms with van der Waals surface area (Å²) in [6.07, 6.45) is 2.08. The average molecular weight is 284 g/mol. The van der Waals surface area contributed by atoms with Crippen LogP contribution in [-0.4, -0.2) is 18.9 Å². The van der Waals surface area contributed by atoms with Crippen LogP contribution in [0.3, 0.4) is 0 Å². The lowest BCUT2D eigenvalue weighted by atomic mass is 9.98. The number of hydrogen-bond donors (Lipinski definition) is 0. The van der Waals surface area contributed by atoms with Gasteiger partial charge in [-0.1, -0.05) is 23.2 Å². The Kier molecular flexibility index (Phi) is 4.31. The molecule has 0 aromatic heterocycles. The lowest BCUT2D eigenvalue weighted by molar-refractivity contribution is 0.101. The number of ketones is 1. The Balaban J connectivity index is 2.30. The Hall–Kier alpha value is -0.990. The van der Waals surface area contributed by atoms with E-state index in [-0.39, 0.29) is 5.78 Å². The number of anilines is 1. The number of Topliss-reactive ketones (excluding diaryl/α,β-unsaturated/α-hetero) is 1. The zero-order chi connectivity index (χ0) is 13.1. The highest BCUT2D eigenvalue weighted by atomic mass is 35.5. The summed E-state index contributed by atoms with van der Waals surface area (Å²) >= 11 is 11.6. The van der Waals surface area contributed by atoms with Crippen molar-refractivity contribution in [2.45, 2.75) is 19.8 Å². The number of hydrogen-bond acceptors (Lipinski definition) is 2. The number of fused-ring (bicyclic) bond motifs is 1. The fourth-order valence-electron chi connectivity index (χ4n) is 2.28. The molecular formula is C14H15Cl2NO. The lowest BCUT2D eigenvalue weighted by Gasteiger charge is -2.31. The molecule has 0 saturated heterocycles. The number of carbonyl (C=O) groups is 1. The zero-order valence-electron chi connectivity index (χ0n) is 10.2. The predicted molar refractivity (Wildman–Crippen MR) is 76.8 cm³/mol. The van der Waals surface area contributed by atoms with E-state index >= 15 is 0 Å². The van der Waals surface area contributed by atoms with Crippen LogP contribution in [0.1, 0.15) is 29.3 Å². The first-order valence-electron chi connectivity index (χ1n) is 5.95. The molecule has 0 amide bonds. The third-order valence-corrected chi connectivity index (χ3v) is 3.76. The molecule has 0 saturated carbocycles. The highest BCUT2D eigenvalue weighted by Gasteiger charge is 2.18. The molecule has 2 nitrogen and oxygen atoms in total. The smallest absolute Gasteiger partial charge is 0.159 e. The first kappa shape index (κ1) is 13.4. The van der Waals surface area contributed by atoms with Crippen LogP contribution in [-0.2, 0) is 6.42 Å². The van der Waals surface area contributed by atoms with E-state index in [0.717, 1.165) is 30.6 Å². The molecule has 0 bridgehead atoms. The second-order valence-electron chi connectivity index (χ2n) is 4.48. The molecule has 2 rings (SSSR count). The van der Waals surface area contributed by atoms with Crippen molar-refractivity contribution in [2.24, 2.45) is 0 Å². The van der Waals surface area contributed by atoms with E-state index in [1.54, 1.807) is 6.92 Å². The first-order valence-corrected chi connectivity index (χ1v) is 6.77. The van der Waals surface area contributed by atoms with Crippen molar-refractivity contribution in [1.29, 1.82) is 0 Å². The molecule has 4 heteroatoms. The summed E-state index contributed by atoms with van der Waals surface area (Å²) in [5, 5.41) is 0.625. The minimum atomic E-state index is 0.105. The van der Waals surface area contributed by atoms with E-state index in [4.69, 9.17) is 23.2 Å². The minimum Gasteiger partial charge on any atom is -0.366 e. The fraction of sp³-hybridized carbons (Fsp3) is 0.357. The van der Waals surface area contributed by atoms with Gasteiger partial charge >= 0.3 is 0 Å². The molecule has 0 aliphatic carbocycles. The van der Waals surface area contributed by atoms with Gasteiger partial charge in [-0.25, -0.2) is 0 Å². The van der Waals surface area contributed by atoms with E-state index in [2.05, 4.69) is 4.90 Å². The summed E-state index contributed by atoms with van der Waals surface area (Å²) in [7, 11) is 0. The van der Waals surface area contributed by atoms with Gasteiger partial charge in [-0.3, -0.25) is 4.79 Å². The third-order valence-electron chi connectivity index (χ3n) is 3.16. The lowest BCUT2D eigenvalue weighted by Crippen LogP contribution is -2.30. The van der Waals surface area contributed by atoms with Crippen molar-refractivity contribution >= 4 is 34.7 Å². The van der Waals surface area contributed by atoms with Crippen molar-refractivity contribution in [3.05, 3.63) is 39.9 Å². The van der Waals surface area contributed by atoms with Crippen LogP contribution < -0.4 is 4.90 Å². The van der Waals surface area contributed by atoms with E-state index < -0.39 is 0 Å². The normalized spacial score (nSPS) is 15.5. The van der Waals surface area contributed by atoms with Crippen LogP contribution >= 0.6 is 23.2 Å². The Bertz CT molecular complexity index is 497. The molecule has 0 N–H and O–H groups in total. The fourth-order valence-corrected chi connectivity index (χ4v) is 2.49. The van der Waals surface area contributed by atoms with Crippen LogP contribution in [0.5, 0.6) is 0 Å². The summed E-state index contributed by atoms with van der Waals surface area (Å²) < 4.78 is 0. The van der Waals surface area contributed by atoms with Crippen LogP contribution in [0.2, 0.25) is 0 Å². The standard InChI is InChI=1S/C14H15Cl2NO/c1-10(18)11-4-5-14-12(7-11)3-2-6-17(14)9-13(16)8-15/h4-5,7-8H,2-3,6,9H2,1H3/b13-8-. The topological polar surface area (TPSA) is 20.3 Å². The Morgan fingerprint density at radius 2 is 2.28 bits per heavy atom. The van der Waals surface area contributed by atoms with Gasteiger partial charge in [-0.15, -0.1) is 0 Å². The van der Waals surface area contributed by atoms with Gasteiger partial charge in [-0.05, 0) is 43.5 Å². The third kappa shape index (κ3) is 2.88. The summed E-state index contributed by atoms with van der Waals surface area (Å²) in [5.41, 5.74) is 4.55. The number of aryl methyl sites for hydroxylation is 1. The summed E-state index contributed by atoms with van der Waals surface area (Å²) in [4.78, 5) is 13.6. The average Bonchev–Trinajstić information content (AvgIpc) is 2.38. The van der Waals surface area contributed by atoms with Gasteiger partial charge in [0.2, 0.25) is 0 Å². The van der Waals surface area contributed by atoms with Gasteiger partial charge in [0, 0.05) is 28.4 Å². The summed E-state index contributed by atoms with van der Waals surface area (Å²) in [6, 6.07) is 5.86. The Morgan fingerprint density at radius 3 is 2.94 bits per heavy atom. The van der Waals surface area contributed by atoms with Crippen LogP contribution in [0.4, 0.5) is 5.69 Å². The van der Waals surface area contributed by atoms with E-state index in [1.165, 1.54) is 11.1 Å². The number of rotatable bonds is 3. The van der Waals surface area contributed by atoms with Crippen molar-refractivity contribution in [3.8, 4) is 0 Å². The molecule has 18 heavy (non-hydrogen) atoms. The number of benzene rings is 1. The van der Waals surface area contributed by atoms with Crippen molar-refractivity contribution in [1.82, 2.24) is 0 Å². The quantitative estimate of drug-likeness (QED) is 0.783. The second kappa shape index (κ2) is 5.77. The monoisotopic (exact) mass is 283 g/mol. The largest absolute Gasteiger partial charge is 0.366 e. The zero-order valence-corrected chi connectivity index (χ0v) is 11.8. The van der Waals surface area contributed by atoms with Crippen LogP contribution in [0, 0.1) is 0 Å². The molecule has 0 spiro atoms. The molecule has 1 aromatic carbocycles. The maximum absolute atomic E-state index is 11.4. The van der Waals surface area contributed by atoms with Crippen LogP contribution in [0.15, 0.2) is 28.8 Å². The van der Waals surface area contributed by atoms with Crippen molar-refractivity contribution in [3.63, 3.8) is 0 Å². The van der Waals surface area contributed by atoms with Gasteiger partial charge in [0.15, 0.2) is 5.78 Å².